The first-order valence-corrected chi connectivity index (χ1v) is 8.15. The van der Waals surface area contributed by atoms with Gasteiger partial charge in [0.25, 0.3) is 10.0 Å². The van der Waals surface area contributed by atoms with Crippen molar-refractivity contribution >= 4 is 10.0 Å². The number of nitrogens with one attached hydrogen (secondary N) is 2. The van der Waals surface area contributed by atoms with E-state index in [0.717, 1.165) is 18.5 Å². The molecule has 1 aliphatic rings. The van der Waals surface area contributed by atoms with E-state index < -0.39 is 10.0 Å². The number of nitrogens with zero attached hydrogens (tertiary/aromatic N) is 2. The Kier molecular flexibility index (Phi) is 4.48. The highest BCUT2D eigenvalue weighted by atomic mass is 32.2. The molecule has 0 aliphatic heterocycles. The second-order valence-electron chi connectivity index (χ2n) is 4.92. The molecule has 20 heavy (non-hydrogen) atoms. The highest BCUT2D eigenvalue weighted by molar-refractivity contribution is 7.89. The molecule has 0 bridgehead atoms. The summed E-state index contributed by atoms with van der Waals surface area (Å²) >= 11 is 0. The van der Waals surface area contributed by atoms with Crippen LogP contribution >= 0.6 is 0 Å². The van der Waals surface area contributed by atoms with Gasteiger partial charge >= 0.3 is 0 Å². The van der Waals surface area contributed by atoms with E-state index in [4.69, 9.17) is 6.42 Å². The zero-order chi connectivity index (χ0) is 14.8. The Bertz CT molecular complexity index is 611. The van der Waals surface area contributed by atoms with E-state index in [-0.39, 0.29) is 11.6 Å². The predicted molar refractivity (Wildman–Crippen MR) is 76.5 cm³/mol. The summed E-state index contributed by atoms with van der Waals surface area (Å²) in [6.45, 7) is 4.48. The van der Waals surface area contributed by atoms with Gasteiger partial charge in [0.2, 0.25) is 0 Å². The zero-order valence-corrected chi connectivity index (χ0v) is 12.6. The van der Waals surface area contributed by atoms with E-state index in [1.165, 1.54) is 4.31 Å². The normalized spacial score (nSPS) is 15.5. The van der Waals surface area contributed by atoms with Gasteiger partial charge in [-0.3, -0.25) is 5.10 Å². The maximum Gasteiger partial charge on any atom is 0.263 e. The lowest BCUT2D eigenvalue weighted by molar-refractivity contribution is 0.459. The Morgan fingerprint density at radius 1 is 1.55 bits per heavy atom. The number of aryl methyl sites for hydroxylation is 1. The second kappa shape index (κ2) is 5.95. The quantitative estimate of drug-likeness (QED) is 0.723. The number of terminal acetylenes is 1. The topological polar surface area (TPSA) is 78.1 Å². The second-order valence-corrected chi connectivity index (χ2v) is 6.78. The highest BCUT2D eigenvalue weighted by Gasteiger charge is 2.30. The molecule has 0 spiro atoms. The van der Waals surface area contributed by atoms with Gasteiger partial charge < -0.3 is 5.32 Å². The largest absolute Gasteiger partial charge is 0.310 e. The standard InChI is InChI=1S/C13H20N4O2S/c1-4-8-17(5-2)20(18,19)13-12(10(3)15-16-13)9-14-11-6-7-11/h1,11,14H,5-9H2,2-3H3,(H,15,16). The Balaban J connectivity index is 2.28. The molecule has 2 N–H and O–H groups in total. The molecule has 0 unspecified atom stereocenters. The number of sulfonamides is 1. The van der Waals surface area contributed by atoms with Gasteiger partial charge in [-0.2, -0.15) is 9.40 Å². The van der Waals surface area contributed by atoms with Crippen LogP contribution in [0.1, 0.15) is 31.0 Å². The van der Waals surface area contributed by atoms with Crippen molar-refractivity contribution in [3.05, 3.63) is 11.3 Å². The molecule has 1 fully saturated rings. The molecule has 1 saturated carbocycles. The van der Waals surface area contributed by atoms with E-state index in [1.807, 2.05) is 6.92 Å². The minimum Gasteiger partial charge on any atom is -0.310 e. The lowest BCUT2D eigenvalue weighted by Gasteiger charge is -2.17. The smallest absolute Gasteiger partial charge is 0.263 e. The summed E-state index contributed by atoms with van der Waals surface area (Å²) in [4.78, 5) is 0. The van der Waals surface area contributed by atoms with Gasteiger partial charge in [0, 0.05) is 30.4 Å². The summed E-state index contributed by atoms with van der Waals surface area (Å²) in [5.74, 6) is 2.37. The Labute approximate surface area is 120 Å². The van der Waals surface area contributed by atoms with Crippen molar-refractivity contribution in [2.75, 3.05) is 13.1 Å². The van der Waals surface area contributed by atoms with Crippen LogP contribution in [0.5, 0.6) is 0 Å². The monoisotopic (exact) mass is 296 g/mol. The molecule has 1 aromatic rings. The maximum absolute atomic E-state index is 12.6. The SMILES string of the molecule is C#CCN(CC)S(=O)(=O)c1n[nH]c(C)c1CNC1CC1. The van der Waals surface area contributed by atoms with Crippen LogP contribution in [0.3, 0.4) is 0 Å². The molecule has 0 atom stereocenters. The first kappa shape index (κ1) is 15.0. The first-order valence-electron chi connectivity index (χ1n) is 6.71. The average Bonchev–Trinajstić information content (AvgIpc) is 3.16. The summed E-state index contributed by atoms with van der Waals surface area (Å²) in [7, 11) is -3.64. The molecule has 0 saturated heterocycles. The fraction of sp³-hybridized carbons (Fsp3) is 0.615. The van der Waals surface area contributed by atoms with Crippen LogP contribution in [0, 0.1) is 19.3 Å². The number of rotatable bonds is 7. The zero-order valence-electron chi connectivity index (χ0n) is 11.8. The van der Waals surface area contributed by atoms with Gasteiger partial charge in [-0.1, -0.05) is 12.8 Å². The molecule has 0 radical (unpaired) electrons. The van der Waals surface area contributed by atoms with Gasteiger partial charge in [0.1, 0.15) is 0 Å². The number of aromatic amines is 1. The van der Waals surface area contributed by atoms with Crippen molar-refractivity contribution < 1.29 is 8.42 Å². The molecule has 7 heteroatoms. The van der Waals surface area contributed by atoms with Crippen LogP contribution in [-0.4, -0.2) is 42.1 Å². The lowest BCUT2D eigenvalue weighted by Crippen LogP contribution is -2.32. The summed E-state index contributed by atoms with van der Waals surface area (Å²) in [6, 6.07) is 0.507. The van der Waals surface area contributed by atoms with E-state index in [2.05, 4.69) is 21.4 Å². The number of aromatic nitrogens is 2. The number of hydrogen-bond donors (Lipinski definition) is 2. The number of hydrogen-bond acceptors (Lipinski definition) is 4. The lowest BCUT2D eigenvalue weighted by atomic mass is 10.2. The van der Waals surface area contributed by atoms with Gasteiger partial charge in [0.05, 0.1) is 6.54 Å². The third-order valence-electron chi connectivity index (χ3n) is 3.39. The van der Waals surface area contributed by atoms with E-state index >= 15 is 0 Å². The molecule has 1 heterocycles. The van der Waals surface area contributed by atoms with E-state index in [9.17, 15) is 8.42 Å². The van der Waals surface area contributed by atoms with Gasteiger partial charge in [-0.25, -0.2) is 8.42 Å². The van der Waals surface area contributed by atoms with Crippen LogP contribution in [0.4, 0.5) is 0 Å². The van der Waals surface area contributed by atoms with Crippen LogP contribution in [-0.2, 0) is 16.6 Å². The van der Waals surface area contributed by atoms with Crippen LogP contribution < -0.4 is 5.32 Å². The molecule has 1 aliphatic carbocycles. The molecule has 0 amide bonds. The van der Waals surface area contributed by atoms with Crippen LogP contribution in [0.25, 0.3) is 0 Å². The molecule has 6 nitrogen and oxygen atoms in total. The van der Waals surface area contributed by atoms with Gasteiger partial charge in [0.15, 0.2) is 5.03 Å². The molecule has 2 rings (SSSR count). The summed E-state index contributed by atoms with van der Waals surface area (Å²) in [5, 5.41) is 10.1. The Morgan fingerprint density at radius 3 is 2.80 bits per heavy atom. The van der Waals surface area contributed by atoms with Crippen molar-refractivity contribution in [2.45, 2.75) is 44.3 Å². The molecule has 110 valence electrons. The van der Waals surface area contributed by atoms with E-state index in [1.54, 1.807) is 6.92 Å². The predicted octanol–water partition coefficient (Wildman–Crippen LogP) is 0.614. The molecule has 0 aromatic carbocycles. The van der Waals surface area contributed by atoms with Crippen molar-refractivity contribution in [3.63, 3.8) is 0 Å². The van der Waals surface area contributed by atoms with Gasteiger partial charge in [-0.15, -0.1) is 6.42 Å². The van der Waals surface area contributed by atoms with Gasteiger partial charge in [-0.05, 0) is 19.8 Å². The van der Waals surface area contributed by atoms with Crippen molar-refractivity contribution in [1.82, 2.24) is 19.8 Å². The van der Waals surface area contributed by atoms with Crippen molar-refractivity contribution in [3.8, 4) is 12.3 Å². The van der Waals surface area contributed by atoms with Crippen molar-refractivity contribution in [2.24, 2.45) is 0 Å². The Hall–Kier alpha value is -1.36. The fourth-order valence-corrected chi connectivity index (χ4v) is 3.50. The first-order chi connectivity index (χ1) is 9.50. The third kappa shape index (κ3) is 3.03. The molecular formula is C13H20N4O2S. The molecule has 1 aromatic heterocycles. The number of H-pyrrole nitrogens is 1. The van der Waals surface area contributed by atoms with Crippen molar-refractivity contribution in [1.29, 1.82) is 0 Å². The summed E-state index contributed by atoms with van der Waals surface area (Å²) < 4.78 is 26.4. The minimum absolute atomic E-state index is 0.0558. The highest BCUT2D eigenvalue weighted by Crippen LogP contribution is 2.23. The van der Waals surface area contributed by atoms with Crippen LogP contribution in [0.15, 0.2) is 5.03 Å². The summed E-state index contributed by atoms with van der Waals surface area (Å²) in [5.41, 5.74) is 1.47. The fourth-order valence-electron chi connectivity index (χ4n) is 1.98. The van der Waals surface area contributed by atoms with E-state index in [0.29, 0.717) is 24.7 Å². The minimum atomic E-state index is -3.64. The maximum atomic E-state index is 12.6. The third-order valence-corrected chi connectivity index (χ3v) is 5.28. The summed E-state index contributed by atoms with van der Waals surface area (Å²) in [6.07, 6.45) is 7.53. The average molecular weight is 296 g/mol. The molecular weight excluding hydrogens is 276 g/mol. The Morgan fingerprint density at radius 2 is 2.25 bits per heavy atom. The van der Waals surface area contributed by atoms with Crippen LogP contribution in [0.2, 0.25) is 0 Å².